The monoisotopic (exact) mass is 563 g/mol. The molecule has 1 N–H and O–H groups in total. The van der Waals surface area contributed by atoms with Crippen LogP contribution in [0.15, 0.2) is 54.9 Å². The summed E-state index contributed by atoms with van der Waals surface area (Å²) in [5.74, 6) is 0.292. The van der Waals surface area contributed by atoms with Crippen molar-refractivity contribution in [3.8, 4) is 11.3 Å². The molecule has 6 rings (SSSR count). The Balaban J connectivity index is 0.00000168. The first kappa shape index (κ1) is 27.5. The molecule has 1 saturated carbocycles. The molecule has 1 amide bonds. The molecule has 1 aliphatic carbocycles. The van der Waals surface area contributed by atoms with Crippen molar-refractivity contribution >= 4 is 48.2 Å². The number of rotatable bonds is 5. The fourth-order valence-electron chi connectivity index (χ4n) is 4.97. The summed E-state index contributed by atoms with van der Waals surface area (Å²) in [7, 11) is 0. The summed E-state index contributed by atoms with van der Waals surface area (Å²) in [6.45, 7) is 1.22. The molecule has 2 aliphatic rings. The molecule has 200 valence electrons. The smallest absolute Gasteiger partial charge is 0.416 e. The summed E-state index contributed by atoms with van der Waals surface area (Å²) in [5, 5.41) is 15.8. The van der Waals surface area contributed by atoms with Crippen molar-refractivity contribution in [2.75, 3.05) is 23.3 Å². The van der Waals surface area contributed by atoms with Gasteiger partial charge < -0.3 is 10.1 Å². The van der Waals surface area contributed by atoms with Gasteiger partial charge in [-0.3, -0.25) is 4.90 Å². The van der Waals surface area contributed by atoms with Crippen LogP contribution >= 0.6 is 24.8 Å². The molecule has 4 heterocycles. The van der Waals surface area contributed by atoms with Crippen LogP contribution in [0.5, 0.6) is 0 Å². The maximum absolute atomic E-state index is 13.6. The zero-order valence-corrected chi connectivity index (χ0v) is 21.7. The van der Waals surface area contributed by atoms with Crippen molar-refractivity contribution in [3.63, 3.8) is 0 Å². The van der Waals surface area contributed by atoms with Gasteiger partial charge >= 0.3 is 6.09 Å². The van der Waals surface area contributed by atoms with Crippen molar-refractivity contribution in [2.24, 2.45) is 5.92 Å². The normalized spacial score (nSPS) is 20.6. The van der Waals surface area contributed by atoms with Crippen molar-refractivity contribution < 1.29 is 18.3 Å². The molecule has 4 aromatic rings. The first-order chi connectivity index (χ1) is 17.5. The summed E-state index contributed by atoms with van der Waals surface area (Å²) in [6, 6.07) is 10.5. The van der Waals surface area contributed by atoms with Gasteiger partial charge in [-0.15, -0.1) is 35.0 Å². The van der Waals surface area contributed by atoms with Crippen LogP contribution < -0.4 is 10.2 Å². The molecule has 13 heteroatoms. The van der Waals surface area contributed by atoms with Gasteiger partial charge in [0.25, 0.3) is 0 Å². The van der Waals surface area contributed by atoms with Gasteiger partial charge in [0.15, 0.2) is 11.5 Å². The molecule has 3 aromatic heterocycles. The number of ether oxygens (including phenoxy) is 1. The third-order valence-corrected chi connectivity index (χ3v) is 6.87. The molecular formula is C25H25Cl2F2N7O2. The number of amides is 1. The van der Waals surface area contributed by atoms with E-state index in [2.05, 4.69) is 25.6 Å². The lowest BCUT2D eigenvalue weighted by atomic mass is 9.78. The predicted octanol–water partition coefficient (Wildman–Crippen LogP) is 5.31. The number of nitrogens with one attached hydrogen (secondary N) is 1. The fraction of sp³-hybridized carbons (Fsp3) is 0.320. The maximum atomic E-state index is 13.6. The highest BCUT2D eigenvalue weighted by molar-refractivity contribution is 5.89. The zero-order chi connectivity index (χ0) is 24.7. The minimum absolute atomic E-state index is 0. The number of halogens is 4. The van der Waals surface area contributed by atoms with E-state index in [9.17, 15) is 13.6 Å². The molecule has 0 unspecified atom stereocenters. The lowest BCUT2D eigenvalue weighted by molar-refractivity contribution is 0.0148. The van der Waals surface area contributed by atoms with Crippen LogP contribution in [-0.4, -0.2) is 49.6 Å². The molecule has 0 radical (unpaired) electrons. The molecule has 1 aliphatic heterocycles. The van der Waals surface area contributed by atoms with Crippen LogP contribution in [0.2, 0.25) is 0 Å². The van der Waals surface area contributed by atoms with Gasteiger partial charge in [-0.2, -0.15) is 5.10 Å². The minimum atomic E-state index is -0.652. The number of hydrogen-bond acceptors (Lipinski definition) is 7. The van der Waals surface area contributed by atoms with E-state index < -0.39 is 17.2 Å². The molecule has 38 heavy (non-hydrogen) atoms. The van der Waals surface area contributed by atoms with Gasteiger partial charge in [0.2, 0.25) is 0 Å². The number of carbonyl (C=O) groups is 1. The van der Waals surface area contributed by atoms with Crippen molar-refractivity contribution in [3.05, 3.63) is 66.5 Å². The average molecular weight is 564 g/mol. The largest absolute Gasteiger partial charge is 0.441 e. The highest BCUT2D eigenvalue weighted by atomic mass is 35.5. The Kier molecular flexibility index (Phi) is 7.98. The topological polar surface area (TPSA) is 97.5 Å². The number of carbonyl (C=O) groups excluding carboxylic acids is 1. The maximum Gasteiger partial charge on any atom is 0.416 e. The lowest BCUT2D eigenvalue weighted by Crippen LogP contribution is -2.39. The SMILES string of the molecule is Cl.Cl.O=C1OC2(CCC(CNc3ccc4nc(-c5cc(F)cc(F)c5)cn4n3)CC2)CN1c1cccnn1. The summed E-state index contributed by atoms with van der Waals surface area (Å²) in [4.78, 5) is 18.4. The van der Waals surface area contributed by atoms with Crippen LogP contribution in [0.3, 0.4) is 0 Å². The van der Waals surface area contributed by atoms with E-state index in [0.717, 1.165) is 38.3 Å². The summed E-state index contributed by atoms with van der Waals surface area (Å²) in [5.41, 5.74) is 0.896. The fourth-order valence-corrected chi connectivity index (χ4v) is 4.97. The average Bonchev–Trinajstić information content (AvgIpc) is 3.44. The molecule has 9 nitrogen and oxygen atoms in total. The molecule has 0 bridgehead atoms. The van der Waals surface area contributed by atoms with E-state index in [0.29, 0.717) is 41.0 Å². The van der Waals surface area contributed by atoms with E-state index in [1.54, 1.807) is 33.9 Å². The molecule has 1 spiro atoms. The number of fused-ring (bicyclic) bond motifs is 1. The second-order valence-electron chi connectivity index (χ2n) is 9.35. The Morgan fingerprint density at radius 1 is 1.08 bits per heavy atom. The zero-order valence-electron chi connectivity index (χ0n) is 20.1. The van der Waals surface area contributed by atoms with Gasteiger partial charge in [-0.05, 0) is 68.0 Å². The number of imidazole rings is 1. The van der Waals surface area contributed by atoms with Crippen LogP contribution in [0.1, 0.15) is 25.7 Å². The van der Waals surface area contributed by atoms with E-state index in [1.165, 1.54) is 12.1 Å². The van der Waals surface area contributed by atoms with E-state index in [1.807, 2.05) is 12.1 Å². The van der Waals surface area contributed by atoms with E-state index in [-0.39, 0.29) is 30.9 Å². The standard InChI is InChI=1S/C25H23F2N7O2.2ClH/c26-18-10-17(11-19(27)12-18)20-14-34-22(30-20)4-3-21(32-34)28-13-16-5-7-25(8-6-16)15-33(24(35)36-25)23-2-1-9-29-31-23;;/h1-4,9-12,14,16H,5-8,13,15H2,(H,28,32);2*1H. The van der Waals surface area contributed by atoms with Crippen LogP contribution in [0.25, 0.3) is 16.9 Å². The molecule has 1 saturated heterocycles. The first-order valence-electron chi connectivity index (χ1n) is 11.8. The van der Waals surface area contributed by atoms with Gasteiger partial charge in [0, 0.05) is 24.4 Å². The Labute approximate surface area is 229 Å². The number of hydrogen-bond donors (Lipinski definition) is 1. The van der Waals surface area contributed by atoms with E-state index in [4.69, 9.17) is 4.74 Å². The first-order valence-corrected chi connectivity index (χ1v) is 11.8. The van der Waals surface area contributed by atoms with E-state index >= 15 is 0 Å². The Hall–Kier alpha value is -3.57. The van der Waals surface area contributed by atoms with Crippen LogP contribution in [0.4, 0.5) is 25.2 Å². The number of benzene rings is 1. The van der Waals surface area contributed by atoms with Gasteiger partial charge in [0.05, 0.1) is 18.4 Å². The molecule has 1 aromatic carbocycles. The quantitative estimate of drug-likeness (QED) is 0.351. The van der Waals surface area contributed by atoms with Crippen molar-refractivity contribution in [1.82, 2.24) is 24.8 Å². The molecule has 2 fully saturated rings. The molecule has 0 atom stereocenters. The third-order valence-electron chi connectivity index (χ3n) is 6.87. The minimum Gasteiger partial charge on any atom is -0.441 e. The number of aromatic nitrogens is 5. The highest BCUT2D eigenvalue weighted by Gasteiger charge is 2.48. The van der Waals surface area contributed by atoms with Crippen molar-refractivity contribution in [2.45, 2.75) is 31.3 Å². The Bertz CT molecular complexity index is 1410. The summed E-state index contributed by atoms with van der Waals surface area (Å²) >= 11 is 0. The van der Waals surface area contributed by atoms with Gasteiger partial charge in [0.1, 0.15) is 23.1 Å². The second kappa shape index (κ2) is 11.0. The summed E-state index contributed by atoms with van der Waals surface area (Å²) < 4.78 is 34.6. The van der Waals surface area contributed by atoms with Crippen LogP contribution in [-0.2, 0) is 4.74 Å². The highest BCUT2D eigenvalue weighted by Crippen LogP contribution is 2.40. The number of anilines is 2. The molecular weight excluding hydrogens is 539 g/mol. The lowest BCUT2D eigenvalue weighted by Gasteiger charge is -2.35. The van der Waals surface area contributed by atoms with Crippen molar-refractivity contribution in [1.29, 1.82) is 0 Å². The Morgan fingerprint density at radius 2 is 1.84 bits per heavy atom. The van der Waals surface area contributed by atoms with Crippen LogP contribution in [0, 0.1) is 17.6 Å². The second-order valence-corrected chi connectivity index (χ2v) is 9.35. The summed E-state index contributed by atoms with van der Waals surface area (Å²) in [6.07, 6.45) is 6.24. The third kappa shape index (κ3) is 5.48. The van der Waals surface area contributed by atoms with Gasteiger partial charge in [-0.25, -0.2) is 23.1 Å². The Morgan fingerprint density at radius 3 is 2.55 bits per heavy atom. The van der Waals surface area contributed by atoms with Gasteiger partial charge in [-0.1, -0.05) is 0 Å². The predicted molar refractivity (Wildman–Crippen MR) is 142 cm³/mol. The number of nitrogens with zero attached hydrogens (tertiary/aromatic N) is 6.